The first-order chi connectivity index (χ1) is 12.5. The van der Waals surface area contributed by atoms with E-state index in [1.165, 1.54) is 12.1 Å². The summed E-state index contributed by atoms with van der Waals surface area (Å²) in [6.45, 7) is 3.95. The highest BCUT2D eigenvalue weighted by Gasteiger charge is 2.47. The summed E-state index contributed by atoms with van der Waals surface area (Å²) in [5, 5.41) is 0. The zero-order valence-electron chi connectivity index (χ0n) is 15.5. The maximum atomic E-state index is 15.0. The summed E-state index contributed by atoms with van der Waals surface area (Å²) in [4.78, 5) is 0. The third kappa shape index (κ3) is 3.59. The molecule has 0 heterocycles. The quantitative estimate of drug-likeness (QED) is 0.547. The van der Waals surface area contributed by atoms with Crippen molar-refractivity contribution in [1.29, 1.82) is 0 Å². The molecule has 6 unspecified atom stereocenters. The third-order valence-electron chi connectivity index (χ3n) is 6.28. The molecule has 1 aromatic rings. The number of fused-ring (bicyclic) bond motifs is 1. The van der Waals surface area contributed by atoms with E-state index in [1.807, 2.05) is 6.92 Å². The molecule has 6 atom stereocenters. The molecule has 0 aliphatic heterocycles. The van der Waals surface area contributed by atoms with E-state index in [0.717, 1.165) is 12.8 Å². The fraction of sp³-hybridized carbons (Fsp3) is 0.714. The van der Waals surface area contributed by atoms with E-state index >= 15 is 0 Å². The lowest BCUT2D eigenvalue weighted by Gasteiger charge is -2.22. The average molecular weight is 372 g/mol. The van der Waals surface area contributed by atoms with Crippen LogP contribution in [0.4, 0.5) is 17.6 Å². The number of benzene rings is 1. The predicted molar refractivity (Wildman–Crippen MR) is 93.9 cm³/mol. The molecule has 146 valence electrons. The number of hydrogen-bond donors (Lipinski definition) is 0. The van der Waals surface area contributed by atoms with E-state index in [4.69, 9.17) is 4.74 Å². The van der Waals surface area contributed by atoms with Crippen LogP contribution in [0.3, 0.4) is 0 Å². The lowest BCUT2D eigenvalue weighted by molar-refractivity contribution is 0.178. The molecule has 0 aromatic heterocycles. The summed E-state index contributed by atoms with van der Waals surface area (Å²) in [5.41, 5.74) is 0.0546. The Morgan fingerprint density at radius 2 is 1.81 bits per heavy atom. The Balaban J connectivity index is 1.79. The topological polar surface area (TPSA) is 9.23 Å². The van der Waals surface area contributed by atoms with Gasteiger partial charge in [-0.25, -0.2) is 13.2 Å². The van der Waals surface area contributed by atoms with Crippen molar-refractivity contribution in [2.45, 2.75) is 70.6 Å². The van der Waals surface area contributed by atoms with E-state index in [2.05, 4.69) is 0 Å². The predicted octanol–water partition coefficient (Wildman–Crippen LogP) is 6.36. The molecule has 1 nitrogen and oxygen atoms in total. The third-order valence-corrected chi connectivity index (χ3v) is 6.28. The van der Waals surface area contributed by atoms with Crippen molar-refractivity contribution in [2.24, 2.45) is 17.8 Å². The van der Waals surface area contributed by atoms with Gasteiger partial charge in [-0.05, 0) is 68.4 Å². The van der Waals surface area contributed by atoms with Gasteiger partial charge < -0.3 is 4.74 Å². The summed E-state index contributed by atoms with van der Waals surface area (Å²) in [7, 11) is 0. The van der Waals surface area contributed by atoms with Crippen LogP contribution in [-0.4, -0.2) is 19.0 Å². The zero-order chi connectivity index (χ0) is 18.8. The van der Waals surface area contributed by atoms with Crippen molar-refractivity contribution < 1.29 is 22.3 Å². The number of rotatable bonds is 5. The van der Waals surface area contributed by atoms with Crippen molar-refractivity contribution in [3.63, 3.8) is 0 Å². The molecule has 2 aliphatic rings. The minimum atomic E-state index is -1.27. The highest BCUT2D eigenvalue weighted by molar-refractivity contribution is 5.34. The van der Waals surface area contributed by atoms with Crippen LogP contribution in [0.2, 0.25) is 0 Å². The number of hydrogen-bond acceptors (Lipinski definition) is 1. The van der Waals surface area contributed by atoms with E-state index < -0.39 is 29.9 Å². The fourth-order valence-electron chi connectivity index (χ4n) is 5.07. The van der Waals surface area contributed by atoms with Crippen LogP contribution in [0.1, 0.15) is 63.9 Å². The SMILES string of the molecule is CCCC1CC2CC(F)C(c3ccc(OCC)c(F)c3F)CCC2C1F. The Kier molecular flexibility index (Phi) is 6.13. The van der Waals surface area contributed by atoms with Gasteiger partial charge >= 0.3 is 0 Å². The van der Waals surface area contributed by atoms with E-state index in [0.29, 0.717) is 19.3 Å². The molecule has 2 saturated carbocycles. The fourth-order valence-corrected chi connectivity index (χ4v) is 5.07. The van der Waals surface area contributed by atoms with Gasteiger partial charge in [-0.2, -0.15) is 4.39 Å². The lowest BCUT2D eigenvalue weighted by atomic mass is 9.87. The van der Waals surface area contributed by atoms with E-state index in [1.54, 1.807) is 6.92 Å². The van der Waals surface area contributed by atoms with E-state index in [-0.39, 0.29) is 42.1 Å². The summed E-state index contributed by atoms with van der Waals surface area (Å²) in [6.07, 6.45) is 1.45. The minimum absolute atomic E-state index is 0.0113. The number of halogens is 4. The lowest BCUT2D eigenvalue weighted by Crippen LogP contribution is -2.18. The Morgan fingerprint density at radius 1 is 1.04 bits per heavy atom. The molecule has 5 heteroatoms. The van der Waals surface area contributed by atoms with Crippen molar-refractivity contribution in [2.75, 3.05) is 6.61 Å². The molecule has 2 aliphatic carbocycles. The molecular weight excluding hydrogens is 344 g/mol. The highest BCUT2D eigenvalue weighted by atomic mass is 19.2. The second-order valence-corrected chi connectivity index (χ2v) is 7.80. The molecule has 26 heavy (non-hydrogen) atoms. The van der Waals surface area contributed by atoms with Crippen LogP contribution in [0.25, 0.3) is 0 Å². The first kappa shape index (κ1) is 19.5. The van der Waals surface area contributed by atoms with E-state index in [9.17, 15) is 17.6 Å². The van der Waals surface area contributed by atoms with Gasteiger partial charge in [-0.1, -0.05) is 19.4 Å². The molecule has 0 N–H and O–H groups in total. The molecule has 0 spiro atoms. The minimum Gasteiger partial charge on any atom is -0.491 e. The van der Waals surface area contributed by atoms with Crippen molar-refractivity contribution in [1.82, 2.24) is 0 Å². The number of ether oxygens (including phenoxy) is 1. The Hall–Kier alpha value is -1.26. The van der Waals surface area contributed by atoms with Crippen molar-refractivity contribution in [3.05, 3.63) is 29.3 Å². The van der Waals surface area contributed by atoms with Crippen LogP contribution in [0, 0.1) is 29.4 Å². The zero-order valence-corrected chi connectivity index (χ0v) is 15.5. The molecular formula is C21H28F4O. The molecule has 0 saturated heterocycles. The maximum absolute atomic E-state index is 15.0. The maximum Gasteiger partial charge on any atom is 0.200 e. The summed E-state index contributed by atoms with van der Waals surface area (Å²) in [5.74, 6) is -3.08. The van der Waals surface area contributed by atoms with Gasteiger partial charge in [0.1, 0.15) is 12.3 Å². The molecule has 2 fully saturated rings. The molecule has 3 rings (SSSR count). The summed E-state index contributed by atoms with van der Waals surface area (Å²) >= 11 is 0. The average Bonchev–Trinajstić information content (AvgIpc) is 2.79. The molecule has 1 aromatic carbocycles. The second kappa shape index (κ2) is 8.18. The summed E-state index contributed by atoms with van der Waals surface area (Å²) < 4.78 is 63.5. The Labute approximate surface area is 153 Å². The highest BCUT2D eigenvalue weighted by Crippen LogP contribution is 2.50. The Bertz CT molecular complexity index is 620. The normalized spacial score (nSPS) is 34.4. The molecule has 0 bridgehead atoms. The second-order valence-electron chi connectivity index (χ2n) is 7.80. The van der Waals surface area contributed by atoms with Gasteiger partial charge in [0.25, 0.3) is 0 Å². The first-order valence-corrected chi connectivity index (χ1v) is 9.86. The van der Waals surface area contributed by atoms with Crippen LogP contribution in [-0.2, 0) is 0 Å². The smallest absolute Gasteiger partial charge is 0.200 e. The molecule has 0 amide bonds. The van der Waals surface area contributed by atoms with Crippen LogP contribution in [0.15, 0.2) is 12.1 Å². The van der Waals surface area contributed by atoms with Crippen molar-refractivity contribution in [3.8, 4) is 5.75 Å². The first-order valence-electron chi connectivity index (χ1n) is 9.86. The van der Waals surface area contributed by atoms with Crippen LogP contribution < -0.4 is 4.74 Å². The Morgan fingerprint density at radius 3 is 2.50 bits per heavy atom. The van der Waals surface area contributed by atoms with Gasteiger partial charge in [0.2, 0.25) is 5.82 Å². The van der Waals surface area contributed by atoms with Crippen LogP contribution >= 0.6 is 0 Å². The van der Waals surface area contributed by atoms with Gasteiger partial charge in [0.15, 0.2) is 11.6 Å². The van der Waals surface area contributed by atoms with Gasteiger partial charge in [0.05, 0.1) is 6.61 Å². The van der Waals surface area contributed by atoms with Gasteiger partial charge in [0, 0.05) is 5.92 Å². The molecule has 0 radical (unpaired) electrons. The largest absolute Gasteiger partial charge is 0.491 e. The van der Waals surface area contributed by atoms with Gasteiger partial charge in [-0.3, -0.25) is 0 Å². The summed E-state index contributed by atoms with van der Waals surface area (Å²) in [6, 6.07) is 2.79. The van der Waals surface area contributed by atoms with Gasteiger partial charge in [-0.15, -0.1) is 0 Å². The van der Waals surface area contributed by atoms with Crippen LogP contribution in [0.5, 0.6) is 5.75 Å². The number of alkyl halides is 2. The monoisotopic (exact) mass is 372 g/mol. The standard InChI is InChI=1S/C21H28F4O/c1-3-5-12-10-13-11-17(22)15(7-6-14(13)19(12)23)16-8-9-18(26-4-2)21(25)20(16)24/h8-9,12-15,17,19H,3-7,10-11H2,1-2H3. The van der Waals surface area contributed by atoms with Crippen molar-refractivity contribution >= 4 is 0 Å².